The van der Waals surface area contributed by atoms with E-state index in [1.54, 1.807) is 0 Å². The average Bonchev–Trinajstić information content (AvgIpc) is 0.792. The number of benzene rings is 10. The van der Waals surface area contributed by atoms with Gasteiger partial charge in [0.15, 0.2) is 0 Å². The van der Waals surface area contributed by atoms with Gasteiger partial charge in [-0.25, -0.2) is 0 Å². The van der Waals surface area contributed by atoms with Crippen molar-refractivity contribution in [1.29, 1.82) is 0 Å². The van der Waals surface area contributed by atoms with Crippen molar-refractivity contribution in [1.82, 2.24) is 0 Å². The monoisotopic (exact) mass is 1430 g/mol. The van der Waals surface area contributed by atoms with Crippen LogP contribution in [0.25, 0.3) is 0 Å². The smallest absolute Gasteiger partial charge is 0.206 e. The van der Waals surface area contributed by atoms with E-state index in [9.17, 15) is 0 Å². The van der Waals surface area contributed by atoms with E-state index in [-0.39, 0.29) is 29.7 Å². The van der Waals surface area contributed by atoms with Crippen molar-refractivity contribution in [3.05, 3.63) is 283 Å². The normalized spacial score (nSPS) is 11.1. The highest BCUT2D eigenvalue weighted by molar-refractivity contribution is 6.96. The molecule has 0 aromatic heterocycles. The zero-order valence-corrected chi connectivity index (χ0v) is 66.3. The summed E-state index contributed by atoms with van der Waals surface area (Å²) < 4.78 is 42.0. The SMILES string of the molecule is C.C.C.C.CCC(C)C(C)CC.Cc1ccc(OCCOc2ccc(C)c(C)c2)cc1C.Cc1ccc(Oc2ccc(Oc3ccc(C)c(C)c3)cc2)cc1C.Cc1ccc(Oc2cccc(Oc3ccc(C)c(C)c3)c2)cc1C.Cc1ccc([Si](C)(C)O[Si](C)(C)c2ccc(C)c(C)c2)cc1C. The van der Waals surface area contributed by atoms with Gasteiger partial charge in [0.1, 0.15) is 70.7 Å². The number of ether oxygens (including phenoxy) is 6. The second-order valence-corrected chi connectivity index (χ2v) is 36.0. The first kappa shape index (κ1) is 90.5. The molecule has 7 nitrogen and oxygen atoms in total. The number of hydrogen-bond donors (Lipinski definition) is 0. The minimum absolute atomic E-state index is 0. The maximum atomic E-state index is 6.86. The Morgan fingerprint density at radius 3 is 0.689 bits per heavy atom. The standard InChI is InChI=1S/2C22H22O2.C20H30OSi2.C18H22O2.C8H18.4CH4/c1-15-5-7-21(13-17(15)3)23-19-9-11-20(12-10-19)24-22-8-6-16(2)18(4)14-22;1-15-8-10-21(12-17(15)3)23-19-6-5-7-20(14-19)24-22-11-9-16(2)18(4)13-22;1-15-9-11-19(13-17(15)3)22(5,6)21-23(7,8)20-12-10-16(2)18(4)14-20;1-13-5-7-17(11-15(13)3)19-9-10-20-18-8-6-14(2)16(4)12-18;1-5-7(3)8(4)6-2;;;;/h2*5-14H,1-4H3;9-14H,1-8H3;5-8,11-12H,9-10H2,1-4H3;7-8H,5-6H2,1-4H3;4*1H4. The molecule has 103 heavy (non-hydrogen) atoms. The molecular formula is C94H130O7Si2. The van der Waals surface area contributed by atoms with Crippen LogP contribution in [0.3, 0.4) is 0 Å². The minimum Gasteiger partial charge on any atom is -0.490 e. The zero-order chi connectivity index (χ0) is 72.7. The molecule has 0 heterocycles. The fourth-order valence-electron chi connectivity index (χ4n) is 10.5. The van der Waals surface area contributed by atoms with E-state index in [2.05, 4.69) is 262 Å². The van der Waals surface area contributed by atoms with Crippen LogP contribution in [0.15, 0.2) is 194 Å². The lowest BCUT2D eigenvalue weighted by molar-refractivity contribution is 0.217. The molecule has 10 aromatic carbocycles. The van der Waals surface area contributed by atoms with Gasteiger partial charge in [0, 0.05) is 6.07 Å². The Balaban J connectivity index is 0.000000445. The molecule has 10 aromatic rings. The Hall–Kier alpha value is -8.61. The lowest BCUT2D eigenvalue weighted by Crippen LogP contribution is -2.57. The predicted octanol–water partition coefficient (Wildman–Crippen LogP) is 27.5. The van der Waals surface area contributed by atoms with Gasteiger partial charge in [-0.05, 0) is 357 Å². The van der Waals surface area contributed by atoms with Gasteiger partial charge < -0.3 is 32.5 Å². The van der Waals surface area contributed by atoms with Crippen LogP contribution in [-0.4, -0.2) is 29.8 Å². The van der Waals surface area contributed by atoms with Crippen LogP contribution in [0.4, 0.5) is 0 Å². The maximum Gasteiger partial charge on any atom is 0.206 e. The quantitative estimate of drug-likeness (QED) is 0.0556. The summed E-state index contributed by atoms with van der Waals surface area (Å²) in [5, 5.41) is 2.79. The van der Waals surface area contributed by atoms with Crippen molar-refractivity contribution < 1.29 is 32.5 Å². The molecule has 0 aliphatic carbocycles. The van der Waals surface area contributed by atoms with Crippen LogP contribution < -0.4 is 38.8 Å². The molecule has 2 atom stereocenters. The largest absolute Gasteiger partial charge is 0.490 e. The van der Waals surface area contributed by atoms with E-state index in [1.807, 2.05) is 97.1 Å². The van der Waals surface area contributed by atoms with E-state index in [0.29, 0.717) is 13.2 Å². The second kappa shape index (κ2) is 42.9. The van der Waals surface area contributed by atoms with Gasteiger partial charge >= 0.3 is 0 Å². The lowest BCUT2D eigenvalue weighted by Gasteiger charge is -2.35. The van der Waals surface area contributed by atoms with E-state index >= 15 is 0 Å². The van der Waals surface area contributed by atoms with Crippen molar-refractivity contribution in [3.8, 4) is 57.5 Å². The molecule has 0 aliphatic rings. The summed E-state index contributed by atoms with van der Waals surface area (Å²) in [4.78, 5) is 0. The topological polar surface area (TPSA) is 64.6 Å². The fraction of sp³-hybridized carbons (Fsp3) is 0.362. The van der Waals surface area contributed by atoms with Gasteiger partial charge in [-0.15, -0.1) is 0 Å². The molecule has 0 fully saturated rings. The van der Waals surface area contributed by atoms with Gasteiger partial charge in [0.05, 0.1) is 0 Å². The van der Waals surface area contributed by atoms with Gasteiger partial charge in [-0.3, -0.25) is 0 Å². The molecule has 0 radical (unpaired) electrons. The Morgan fingerprint density at radius 2 is 0.447 bits per heavy atom. The molecule has 0 spiro atoms. The first-order valence-corrected chi connectivity index (χ1v) is 41.1. The third-order valence-electron chi connectivity index (χ3n) is 19.2. The van der Waals surface area contributed by atoms with Gasteiger partial charge in [0.25, 0.3) is 0 Å². The Kier molecular flexibility index (Phi) is 37.6. The summed E-state index contributed by atoms with van der Waals surface area (Å²) in [6.07, 6.45) is 2.66. The average molecular weight is 1430 g/mol. The van der Waals surface area contributed by atoms with Crippen molar-refractivity contribution in [2.45, 2.75) is 207 Å². The number of rotatable bonds is 20. The van der Waals surface area contributed by atoms with Crippen LogP contribution in [0, 0.1) is 123 Å². The molecule has 10 rings (SSSR count). The van der Waals surface area contributed by atoms with Crippen molar-refractivity contribution in [2.75, 3.05) is 13.2 Å². The van der Waals surface area contributed by atoms with Crippen LogP contribution in [0.1, 0.15) is 159 Å². The van der Waals surface area contributed by atoms with E-state index < -0.39 is 16.6 Å². The molecule has 0 saturated heterocycles. The Morgan fingerprint density at radius 1 is 0.243 bits per heavy atom. The molecule has 556 valence electrons. The van der Waals surface area contributed by atoms with E-state index in [4.69, 9.17) is 32.5 Å². The number of aryl methyl sites for hydroxylation is 16. The van der Waals surface area contributed by atoms with Crippen molar-refractivity contribution >= 4 is 27.0 Å². The highest BCUT2D eigenvalue weighted by Gasteiger charge is 2.36. The summed E-state index contributed by atoms with van der Waals surface area (Å²) in [5.41, 5.74) is 20.4. The zero-order valence-electron chi connectivity index (χ0n) is 64.3. The maximum absolute atomic E-state index is 6.86. The molecular weight excluding hydrogens is 1300 g/mol. The van der Waals surface area contributed by atoms with Crippen molar-refractivity contribution in [2.24, 2.45) is 11.8 Å². The number of hydrogen-bond acceptors (Lipinski definition) is 7. The molecule has 0 bridgehead atoms. The Labute approximate surface area is 628 Å². The first-order valence-electron chi connectivity index (χ1n) is 35.3. The summed E-state index contributed by atoms with van der Waals surface area (Å²) in [7, 11) is -3.84. The Bertz CT molecular complexity index is 3960. The molecule has 9 heteroatoms. The summed E-state index contributed by atoms with van der Waals surface area (Å²) in [5.74, 6) is 10.1. The van der Waals surface area contributed by atoms with Gasteiger partial charge in [-0.2, -0.15) is 0 Å². The lowest BCUT2D eigenvalue weighted by atomic mass is 9.92. The molecule has 0 aliphatic heterocycles. The molecule has 0 amide bonds. The molecule has 0 saturated carbocycles. The van der Waals surface area contributed by atoms with E-state index in [0.717, 1.165) is 69.3 Å². The highest BCUT2D eigenvalue weighted by Crippen LogP contribution is 2.32. The third kappa shape index (κ3) is 28.9. The summed E-state index contributed by atoms with van der Waals surface area (Å²) in [6.45, 7) is 53.4. The summed E-state index contributed by atoms with van der Waals surface area (Å²) >= 11 is 0. The summed E-state index contributed by atoms with van der Waals surface area (Å²) in [6, 6.07) is 65.7. The van der Waals surface area contributed by atoms with Gasteiger partial charge in [-0.1, -0.05) is 149 Å². The van der Waals surface area contributed by atoms with Crippen molar-refractivity contribution in [3.63, 3.8) is 0 Å². The predicted molar refractivity (Wildman–Crippen MR) is 453 cm³/mol. The second-order valence-electron chi connectivity index (χ2n) is 28.0. The van der Waals surface area contributed by atoms with Crippen LogP contribution in [0.5, 0.6) is 57.5 Å². The van der Waals surface area contributed by atoms with Gasteiger partial charge in [0.2, 0.25) is 16.6 Å². The van der Waals surface area contributed by atoms with Crippen LogP contribution in [-0.2, 0) is 4.12 Å². The highest BCUT2D eigenvalue weighted by atomic mass is 28.4. The van der Waals surface area contributed by atoms with Crippen LogP contribution in [0.2, 0.25) is 26.2 Å². The van der Waals surface area contributed by atoms with Crippen LogP contribution >= 0.6 is 0 Å². The first-order chi connectivity index (χ1) is 46.8. The fourth-order valence-corrected chi connectivity index (χ4v) is 18.7. The third-order valence-corrected chi connectivity index (χ3v) is 26.7. The molecule has 0 N–H and O–H groups in total. The van der Waals surface area contributed by atoms with E-state index in [1.165, 1.54) is 112 Å². The minimum atomic E-state index is -1.92. The molecule has 2 unspecified atom stereocenters.